The first-order valence-electron chi connectivity index (χ1n) is 12.8. The molecule has 0 heterocycles. The third-order valence-electron chi connectivity index (χ3n) is 6.35. The fourth-order valence-corrected chi connectivity index (χ4v) is 4.93. The first-order chi connectivity index (χ1) is 18.3. The second-order valence-electron chi connectivity index (χ2n) is 9.45. The van der Waals surface area contributed by atoms with Gasteiger partial charge in [-0.15, -0.1) is 11.8 Å². The van der Waals surface area contributed by atoms with Crippen molar-refractivity contribution in [1.29, 1.82) is 0 Å². The van der Waals surface area contributed by atoms with Gasteiger partial charge in [-0.2, -0.15) is 0 Å². The standard InChI is InChI=1S/C30H35N3O4S/c1-4-23(3)31-30(35)28(18-24-10-6-5-7-11-24)32(19-26-12-8-9-22(2)17-26)29(34)21-38-20-25-13-15-27(16-14-25)33(36)37/h5-17,23,28H,4,18-21H2,1-3H3,(H,31,35)/t23-,28+/m1/s1. The van der Waals surface area contributed by atoms with Gasteiger partial charge in [-0.05, 0) is 37.0 Å². The first kappa shape index (κ1) is 28.9. The molecule has 2 amide bonds. The van der Waals surface area contributed by atoms with Crippen molar-refractivity contribution in [3.05, 3.63) is 111 Å². The van der Waals surface area contributed by atoms with E-state index in [1.807, 2.05) is 75.4 Å². The molecule has 0 saturated carbocycles. The highest BCUT2D eigenvalue weighted by atomic mass is 32.2. The van der Waals surface area contributed by atoms with Crippen molar-refractivity contribution in [3.8, 4) is 0 Å². The van der Waals surface area contributed by atoms with Crippen LogP contribution in [0.1, 0.15) is 42.5 Å². The van der Waals surface area contributed by atoms with Crippen LogP contribution in [0.2, 0.25) is 0 Å². The van der Waals surface area contributed by atoms with E-state index < -0.39 is 11.0 Å². The number of hydrogen-bond donors (Lipinski definition) is 1. The maximum absolute atomic E-state index is 13.7. The molecule has 8 heteroatoms. The summed E-state index contributed by atoms with van der Waals surface area (Å²) in [6.07, 6.45) is 1.20. The lowest BCUT2D eigenvalue weighted by atomic mass is 10.0. The van der Waals surface area contributed by atoms with E-state index in [1.165, 1.54) is 23.9 Å². The van der Waals surface area contributed by atoms with Crippen molar-refractivity contribution in [2.24, 2.45) is 0 Å². The van der Waals surface area contributed by atoms with Crippen molar-refractivity contribution in [1.82, 2.24) is 10.2 Å². The molecular formula is C30H35N3O4S. The van der Waals surface area contributed by atoms with Gasteiger partial charge in [0.25, 0.3) is 5.69 Å². The normalized spacial score (nSPS) is 12.4. The molecule has 3 aromatic carbocycles. The van der Waals surface area contributed by atoms with Crippen LogP contribution in [0.5, 0.6) is 0 Å². The van der Waals surface area contributed by atoms with Crippen LogP contribution >= 0.6 is 11.8 Å². The highest BCUT2D eigenvalue weighted by Gasteiger charge is 2.30. The minimum absolute atomic E-state index is 0.00629. The molecule has 0 unspecified atom stereocenters. The van der Waals surface area contributed by atoms with Gasteiger partial charge in [-0.3, -0.25) is 19.7 Å². The van der Waals surface area contributed by atoms with E-state index in [4.69, 9.17) is 0 Å². The van der Waals surface area contributed by atoms with Crippen molar-refractivity contribution in [3.63, 3.8) is 0 Å². The summed E-state index contributed by atoms with van der Waals surface area (Å²) >= 11 is 1.43. The van der Waals surface area contributed by atoms with Gasteiger partial charge in [0.05, 0.1) is 10.7 Å². The van der Waals surface area contributed by atoms with E-state index in [2.05, 4.69) is 5.32 Å². The van der Waals surface area contributed by atoms with Gasteiger partial charge in [0, 0.05) is 36.9 Å². The van der Waals surface area contributed by atoms with Crippen LogP contribution in [-0.2, 0) is 28.3 Å². The van der Waals surface area contributed by atoms with Crippen LogP contribution in [0.15, 0.2) is 78.9 Å². The Morgan fingerprint density at radius 2 is 1.66 bits per heavy atom. The Morgan fingerprint density at radius 1 is 0.974 bits per heavy atom. The summed E-state index contributed by atoms with van der Waals surface area (Å²) in [7, 11) is 0. The van der Waals surface area contributed by atoms with Gasteiger partial charge in [-0.1, -0.05) is 79.2 Å². The number of nitrogens with one attached hydrogen (secondary N) is 1. The van der Waals surface area contributed by atoms with Crippen molar-refractivity contribution < 1.29 is 14.5 Å². The zero-order valence-corrected chi connectivity index (χ0v) is 22.9. The molecule has 0 aliphatic carbocycles. The third kappa shape index (κ3) is 8.73. The molecule has 1 N–H and O–H groups in total. The van der Waals surface area contributed by atoms with Gasteiger partial charge in [0.2, 0.25) is 11.8 Å². The zero-order chi connectivity index (χ0) is 27.5. The number of non-ortho nitro benzene ring substituents is 1. The van der Waals surface area contributed by atoms with Crippen LogP contribution in [-0.4, -0.2) is 39.5 Å². The van der Waals surface area contributed by atoms with Gasteiger partial charge in [0.15, 0.2) is 0 Å². The minimum atomic E-state index is -0.667. The average Bonchev–Trinajstić information content (AvgIpc) is 2.91. The van der Waals surface area contributed by atoms with Crippen LogP contribution in [0, 0.1) is 17.0 Å². The van der Waals surface area contributed by atoms with Crippen LogP contribution in [0.25, 0.3) is 0 Å². The quantitative estimate of drug-likeness (QED) is 0.225. The fourth-order valence-electron chi connectivity index (χ4n) is 4.06. The number of hydrogen-bond acceptors (Lipinski definition) is 5. The van der Waals surface area contributed by atoms with E-state index in [9.17, 15) is 19.7 Å². The molecule has 0 aliphatic heterocycles. The SMILES string of the molecule is CC[C@@H](C)NC(=O)[C@H](Cc1ccccc1)N(Cc1cccc(C)c1)C(=O)CSCc1ccc([N+](=O)[O-])cc1. The highest BCUT2D eigenvalue weighted by molar-refractivity contribution is 7.99. The molecular weight excluding hydrogens is 498 g/mol. The molecule has 0 fully saturated rings. The van der Waals surface area contributed by atoms with E-state index in [1.54, 1.807) is 17.0 Å². The van der Waals surface area contributed by atoms with Crippen LogP contribution in [0.4, 0.5) is 5.69 Å². The lowest BCUT2D eigenvalue weighted by Gasteiger charge is -2.32. The number of carbonyl (C=O) groups excluding carboxylic acids is 2. The molecule has 0 aromatic heterocycles. The number of aryl methyl sites for hydroxylation is 1. The summed E-state index contributed by atoms with van der Waals surface area (Å²) in [6.45, 7) is 6.31. The van der Waals surface area contributed by atoms with Gasteiger partial charge < -0.3 is 10.2 Å². The number of benzene rings is 3. The Morgan fingerprint density at radius 3 is 2.29 bits per heavy atom. The topological polar surface area (TPSA) is 92.6 Å². The van der Waals surface area contributed by atoms with Crippen LogP contribution < -0.4 is 5.32 Å². The maximum atomic E-state index is 13.7. The Hall–Kier alpha value is -3.65. The Kier molecular flexibility index (Phi) is 10.9. The number of nitro benzene ring substituents is 1. The van der Waals surface area contributed by atoms with Crippen molar-refractivity contribution in [2.75, 3.05) is 5.75 Å². The number of thioether (sulfide) groups is 1. The summed E-state index contributed by atoms with van der Waals surface area (Å²) in [4.78, 5) is 39.4. The fraction of sp³-hybridized carbons (Fsp3) is 0.333. The monoisotopic (exact) mass is 533 g/mol. The summed E-state index contributed by atoms with van der Waals surface area (Å²) < 4.78 is 0. The van der Waals surface area contributed by atoms with E-state index in [0.29, 0.717) is 18.7 Å². The predicted octanol–water partition coefficient (Wildman–Crippen LogP) is 5.69. The van der Waals surface area contributed by atoms with Crippen LogP contribution in [0.3, 0.4) is 0 Å². The Labute approximate surface area is 228 Å². The molecule has 0 spiro atoms. The lowest BCUT2D eigenvalue weighted by molar-refractivity contribution is -0.384. The third-order valence-corrected chi connectivity index (χ3v) is 7.34. The molecule has 3 aromatic rings. The molecule has 2 atom stereocenters. The average molecular weight is 534 g/mol. The largest absolute Gasteiger partial charge is 0.352 e. The van der Waals surface area contributed by atoms with Crippen molar-refractivity contribution >= 4 is 29.3 Å². The molecule has 0 saturated heterocycles. The van der Waals surface area contributed by atoms with Gasteiger partial charge in [-0.25, -0.2) is 0 Å². The smallest absolute Gasteiger partial charge is 0.269 e. The second-order valence-corrected chi connectivity index (χ2v) is 10.4. The number of carbonyl (C=O) groups is 2. The van der Waals surface area contributed by atoms with E-state index in [-0.39, 0.29) is 29.3 Å². The summed E-state index contributed by atoms with van der Waals surface area (Å²) in [5.41, 5.74) is 3.97. The molecule has 38 heavy (non-hydrogen) atoms. The van der Waals surface area contributed by atoms with Gasteiger partial charge >= 0.3 is 0 Å². The number of nitrogens with zero attached hydrogens (tertiary/aromatic N) is 2. The van der Waals surface area contributed by atoms with E-state index in [0.717, 1.165) is 28.7 Å². The number of nitro groups is 1. The predicted molar refractivity (Wildman–Crippen MR) is 153 cm³/mol. The Balaban J connectivity index is 1.83. The van der Waals surface area contributed by atoms with E-state index >= 15 is 0 Å². The minimum Gasteiger partial charge on any atom is -0.352 e. The molecule has 0 bridgehead atoms. The molecule has 3 rings (SSSR count). The lowest BCUT2D eigenvalue weighted by Crippen LogP contribution is -2.52. The summed E-state index contributed by atoms with van der Waals surface area (Å²) in [5.74, 6) is 0.429. The first-order valence-corrected chi connectivity index (χ1v) is 13.9. The number of amides is 2. The molecule has 200 valence electrons. The molecule has 0 aliphatic rings. The summed E-state index contributed by atoms with van der Waals surface area (Å²) in [6, 6.07) is 23.4. The summed E-state index contributed by atoms with van der Waals surface area (Å²) in [5, 5.41) is 14.0. The number of rotatable bonds is 13. The molecule has 0 radical (unpaired) electrons. The second kappa shape index (κ2) is 14.3. The zero-order valence-electron chi connectivity index (χ0n) is 22.1. The maximum Gasteiger partial charge on any atom is 0.269 e. The van der Waals surface area contributed by atoms with Gasteiger partial charge in [0.1, 0.15) is 6.04 Å². The Bertz CT molecular complexity index is 1220. The highest BCUT2D eigenvalue weighted by Crippen LogP contribution is 2.20. The van der Waals surface area contributed by atoms with Crippen molar-refractivity contribution in [2.45, 2.75) is 58.0 Å². The molecule has 7 nitrogen and oxygen atoms in total.